The van der Waals surface area contributed by atoms with Crippen LogP contribution in [0.3, 0.4) is 0 Å². The Bertz CT molecular complexity index is 2310. The van der Waals surface area contributed by atoms with Gasteiger partial charge < -0.3 is 9.47 Å². The van der Waals surface area contributed by atoms with Gasteiger partial charge in [0.2, 0.25) is 6.79 Å². The number of hydrogen-bond donors (Lipinski definition) is 0. The molecule has 0 saturated carbocycles. The fourth-order valence-electron chi connectivity index (χ4n) is 5.49. The van der Waals surface area contributed by atoms with Crippen LogP contribution in [0.2, 0.25) is 0 Å². The quantitative estimate of drug-likeness (QED) is 0.176. The Balaban J connectivity index is 0.000000150. The van der Waals surface area contributed by atoms with Crippen molar-refractivity contribution in [2.24, 2.45) is 0 Å². The summed E-state index contributed by atoms with van der Waals surface area (Å²) in [6.07, 6.45) is 5.92. The molecule has 0 aliphatic carbocycles. The molecule has 1 aliphatic heterocycles. The summed E-state index contributed by atoms with van der Waals surface area (Å²) < 4.78 is 14.4. The molecule has 50 heavy (non-hydrogen) atoms. The minimum absolute atomic E-state index is 0.272. The van der Waals surface area contributed by atoms with Crippen LogP contribution in [0.4, 0.5) is 0 Å². The van der Waals surface area contributed by atoms with Crippen LogP contribution in [0.5, 0.6) is 11.5 Å². The molecule has 0 fully saturated rings. The highest BCUT2D eigenvalue weighted by atomic mass is 16.7. The molecule has 11 nitrogen and oxygen atoms in total. The Hall–Kier alpha value is -6.49. The summed E-state index contributed by atoms with van der Waals surface area (Å²) in [5.74, 6) is 3.19. The maximum absolute atomic E-state index is 5.44. The van der Waals surface area contributed by atoms with E-state index >= 15 is 0 Å². The third-order valence-corrected chi connectivity index (χ3v) is 7.95. The SMILES string of the molecule is CC.c1ccc(-c2ccc3nnc(CCc4cccnc4)n3n2)cc1.c1ccc(-c2ccc3nnc(Cc4ccc5c(c4)OCO5)n3n2)cc1. The molecule has 0 spiro atoms. The van der Waals surface area contributed by atoms with Crippen molar-refractivity contribution in [1.29, 1.82) is 0 Å². The van der Waals surface area contributed by atoms with E-state index in [1.807, 2.05) is 134 Å². The Morgan fingerprint density at radius 1 is 0.560 bits per heavy atom. The number of fused-ring (bicyclic) bond motifs is 3. The Morgan fingerprint density at radius 3 is 1.82 bits per heavy atom. The van der Waals surface area contributed by atoms with Crippen LogP contribution in [-0.2, 0) is 19.3 Å². The largest absolute Gasteiger partial charge is 0.454 e. The van der Waals surface area contributed by atoms with E-state index in [2.05, 4.69) is 31.4 Å². The fraction of sp³-hybridized carbons (Fsp3) is 0.154. The van der Waals surface area contributed by atoms with Gasteiger partial charge in [0.05, 0.1) is 11.4 Å². The van der Waals surface area contributed by atoms with E-state index in [9.17, 15) is 0 Å². The van der Waals surface area contributed by atoms with Crippen molar-refractivity contribution in [3.63, 3.8) is 0 Å². The molecule has 0 N–H and O–H groups in total. The van der Waals surface area contributed by atoms with Crippen LogP contribution >= 0.6 is 0 Å². The molecule has 8 aromatic rings. The molecule has 248 valence electrons. The van der Waals surface area contributed by atoms with E-state index in [-0.39, 0.29) is 6.79 Å². The number of aryl methyl sites for hydroxylation is 2. The number of ether oxygens (including phenoxy) is 2. The lowest BCUT2D eigenvalue weighted by atomic mass is 10.1. The van der Waals surface area contributed by atoms with Gasteiger partial charge in [-0.15, -0.1) is 20.4 Å². The van der Waals surface area contributed by atoms with Crippen molar-refractivity contribution < 1.29 is 9.47 Å². The molecule has 9 rings (SSSR count). The average molecular weight is 662 g/mol. The number of benzene rings is 3. The zero-order valence-electron chi connectivity index (χ0n) is 27.8. The van der Waals surface area contributed by atoms with E-state index in [0.717, 1.165) is 75.4 Å². The van der Waals surface area contributed by atoms with E-state index in [0.29, 0.717) is 6.42 Å². The first-order valence-electron chi connectivity index (χ1n) is 16.6. The van der Waals surface area contributed by atoms with Crippen LogP contribution in [0.1, 0.15) is 36.6 Å². The molecule has 0 amide bonds. The fourth-order valence-corrected chi connectivity index (χ4v) is 5.49. The molecule has 0 radical (unpaired) electrons. The molecule has 11 heteroatoms. The Morgan fingerprint density at radius 2 is 1.18 bits per heavy atom. The van der Waals surface area contributed by atoms with Gasteiger partial charge in [0.15, 0.2) is 34.4 Å². The van der Waals surface area contributed by atoms with Crippen molar-refractivity contribution in [2.45, 2.75) is 33.1 Å². The van der Waals surface area contributed by atoms with Gasteiger partial charge in [0, 0.05) is 36.4 Å². The smallest absolute Gasteiger partial charge is 0.231 e. The van der Waals surface area contributed by atoms with Crippen molar-refractivity contribution in [1.82, 2.24) is 44.6 Å². The van der Waals surface area contributed by atoms with Crippen LogP contribution in [-0.4, -0.2) is 51.4 Å². The van der Waals surface area contributed by atoms with Gasteiger partial charge in [-0.1, -0.05) is 86.6 Å². The third kappa shape index (κ3) is 7.16. The number of hydrogen-bond acceptors (Lipinski definition) is 9. The predicted octanol–water partition coefficient (Wildman–Crippen LogP) is 7.11. The summed E-state index contributed by atoms with van der Waals surface area (Å²) in [4.78, 5) is 4.14. The summed E-state index contributed by atoms with van der Waals surface area (Å²) in [5.41, 5.74) is 7.71. The summed E-state index contributed by atoms with van der Waals surface area (Å²) in [6, 6.07) is 37.9. The first-order chi connectivity index (χ1) is 24.8. The molecular formula is C39H35N9O2. The van der Waals surface area contributed by atoms with Crippen LogP contribution in [0, 0.1) is 0 Å². The maximum Gasteiger partial charge on any atom is 0.231 e. The summed E-state index contributed by atoms with van der Waals surface area (Å²) in [7, 11) is 0. The van der Waals surface area contributed by atoms with E-state index in [1.54, 1.807) is 10.7 Å². The summed E-state index contributed by atoms with van der Waals surface area (Å²) >= 11 is 0. The molecule has 3 aromatic carbocycles. The molecule has 6 heterocycles. The van der Waals surface area contributed by atoms with Gasteiger partial charge in [0.25, 0.3) is 0 Å². The second kappa shape index (κ2) is 15.2. The van der Waals surface area contributed by atoms with E-state index < -0.39 is 0 Å². The predicted molar refractivity (Wildman–Crippen MR) is 191 cm³/mol. The van der Waals surface area contributed by atoms with Gasteiger partial charge in [-0.25, -0.2) is 0 Å². The van der Waals surface area contributed by atoms with E-state index in [1.165, 1.54) is 5.56 Å². The maximum atomic E-state index is 5.44. The summed E-state index contributed by atoms with van der Waals surface area (Å²) in [6.45, 7) is 4.27. The molecule has 0 unspecified atom stereocenters. The zero-order chi connectivity index (χ0) is 34.1. The standard InChI is InChI=1S/C19H14N4O2.C18H15N5.C2H6/c1-2-4-14(5-3-1)15-7-9-18-20-21-19(23(18)22-15)11-13-6-8-16-17(10-13)25-12-24-16;1-2-6-15(7-3-1)16-9-11-18-21-20-17(23(18)22-16)10-8-14-5-4-12-19-13-14;1-2/h1-10H,11-12H2;1-7,9,11-13H,8,10H2;1-2H3. The van der Waals surface area contributed by atoms with E-state index in [4.69, 9.17) is 19.7 Å². The number of pyridine rings is 1. The lowest BCUT2D eigenvalue weighted by molar-refractivity contribution is 0.174. The number of nitrogens with zero attached hydrogens (tertiary/aromatic N) is 9. The first kappa shape index (κ1) is 32.1. The molecule has 0 bridgehead atoms. The Kier molecular flexibility index (Phi) is 9.73. The lowest BCUT2D eigenvalue weighted by Crippen LogP contribution is -2.02. The zero-order valence-corrected chi connectivity index (χ0v) is 27.8. The number of rotatable bonds is 7. The molecule has 1 aliphatic rings. The highest BCUT2D eigenvalue weighted by Crippen LogP contribution is 2.33. The van der Waals surface area contributed by atoms with Crippen LogP contribution < -0.4 is 9.47 Å². The monoisotopic (exact) mass is 661 g/mol. The minimum atomic E-state index is 0.272. The van der Waals surface area contributed by atoms with Crippen molar-refractivity contribution in [3.8, 4) is 34.0 Å². The molecule has 5 aromatic heterocycles. The highest BCUT2D eigenvalue weighted by Gasteiger charge is 2.15. The lowest BCUT2D eigenvalue weighted by Gasteiger charge is -2.04. The van der Waals surface area contributed by atoms with Crippen LogP contribution in [0.25, 0.3) is 33.8 Å². The molecule has 0 atom stereocenters. The summed E-state index contributed by atoms with van der Waals surface area (Å²) in [5, 5.41) is 26.4. The normalized spacial score (nSPS) is 11.5. The number of aromatic nitrogens is 9. The second-order valence-electron chi connectivity index (χ2n) is 11.2. The van der Waals surface area contributed by atoms with Crippen molar-refractivity contribution in [2.75, 3.05) is 6.79 Å². The van der Waals surface area contributed by atoms with Gasteiger partial charge in [-0.3, -0.25) is 4.98 Å². The Labute approximate surface area is 289 Å². The topological polar surface area (TPSA) is 118 Å². The minimum Gasteiger partial charge on any atom is -0.454 e. The average Bonchev–Trinajstić information content (AvgIpc) is 3.94. The van der Waals surface area contributed by atoms with Gasteiger partial charge in [0.1, 0.15) is 0 Å². The molecular weight excluding hydrogens is 626 g/mol. The van der Waals surface area contributed by atoms with Gasteiger partial charge in [-0.05, 0) is 60.0 Å². The van der Waals surface area contributed by atoms with Gasteiger partial charge >= 0.3 is 0 Å². The van der Waals surface area contributed by atoms with Crippen molar-refractivity contribution in [3.05, 3.63) is 150 Å². The first-order valence-corrected chi connectivity index (χ1v) is 16.6. The second-order valence-corrected chi connectivity index (χ2v) is 11.2. The third-order valence-electron chi connectivity index (χ3n) is 7.95. The van der Waals surface area contributed by atoms with Crippen LogP contribution in [0.15, 0.2) is 128 Å². The molecule has 0 saturated heterocycles. The highest BCUT2D eigenvalue weighted by molar-refractivity contribution is 5.61. The van der Waals surface area contributed by atoms with Gasteiger partial charge in [-0.2, -0.15) is 19.2 Å². The van der Waals surface area contributed by atoms with Crippen molar-refractivity contribution >= 4 is 11.3 Å².